The zero-order chi connectivity index (χ0) is 21.0. The van der Waals surface area contributed by atoms with Gasteiger partial charge in [-0.25, -0.2) is 4.79 Å². The predicted molar refractivity (Wildman–Crippen MR) is 122 cm³/mol. The van der Waals surface area contributed by atoms with Gasteiger partial charge >= 0.3 is 6.03 Å². The van der Waals surface area contributed by atoms with Crippen molar-refractivity contribution in [3.05, 3.63) is 28.2 Å². The first-order valence-electron chi connectivity index (χ1n) is 10.8. The number of halogens is 2. The SMILES string of the molecule is CC1CN(CCC2CCC(NC(=O)N(C)C)CC2)CCN1c1cccc(Cl)c1Cl. The largest absolute Gasteiger partial charge is 0.365 e. The van der Waals surface area contributed by atoms with Crippen molar-refractivity contribution in [1.82, 2.24) is 15.1 Å². The summed E-state index contributed by atoms with van der Waals surface area (Å²) in [7, 11) is 3.59. The zero-order valence-electron chi connectivity index (χ0n) is 17.8. The van der Waals surface area contributed by atoms with Crippen LogP contribution in [0.4, 0.5) is 10.5 Å². The number of carbonyl (C=O) groups excluding carboxylic acids is 1. The zero-order valence-corrected chi connectivity index (χ0v) is 19.3. The van der Waals surface area contributed by atoms with Gasteiger partial charge in [-0.3, -0.25) is 4.90 Å². The van der Waals surface area contributed by atoms with E-state index in [-0.39, 0.29) is 6.03 Å². The third kappa shape index (κ3) is 5.93. The smallest absolute Gasteiger partial charge is 0.317 e. The summed E-state index contributed by atoms with van der Waals surface area (Å²) in [6, 6.07) is 6.66. The highest BCUT2D eigenvalue weighted by molar-refractivity contribution is 6.43. The van der Waals surface area contributed by atoms with E-state index >= 15 is 0 Å². The first kappa shape index (κ1) is 22.5. The molecule has 29 heavy (non-hydrogen) atoms. The Morgan fingerprint density at radius 2 is 1.90 bits per heavy atom. The lowest BCUT2D eigenvalue weighted by molar-refractivity contribution is 0.187. The Kier molecular flexibility index (Phi) is 7.94. The van der Waals surface area contributed by atoms with Gasteiger partial charge in [0, 0.05) is 45.8 Å². The Hall–Kier alpha value is -1.17. The van der Waals surface area contributed by atoms with E-state index in [1.54, 1.807) is 19.0 Å². The molecular formula is C22H34Cl2N4O. The third-order valence-corrected chi connectivity index (χ3v) is 7.20. The van der Waals surface area contributed by atoms with Crippen LogP contribution in [0.5, 0.6) is 0 Å². The van der Waals surface area contributed by atoms with Crippen LogP contribution >= 0.6 is 23.2 Å². The van der Waals surface area contributed by atoms with Crippen LogP contribution in [0.25, 0.3) is 0 Å². The Morgan fingerprint density at radius 3 is 2.55 bits per heavy atom. The molecule has 0 aromatic heterocycles. The number of hydrogen-bond acceptors (Lipinski definition) is 3. The average molecular weight is 441 g/mol. The van der Waals surface area contributed by atoms with Crippen LogP contribution in [0.2, 0.25) is 10.0 Å². The fraction of sp³-hybridized carbons (Fsp3) is 0.682. The van der Waals surface area contributed by atoms with E-state index in [9.17, 15) is 4.79 Å². The van der Waals surface area contributed by atoms with Crippen LogP contribution in [0.3, 0.4) is 0 Å². The third-order valence-electron chi connectivity index (χ3n) is 6.39. The van der Waals surface area contributed by atoms with Crippen molar-refractivity contribution >= 4 is 34.9 Å². The van der Waals surface area contributed by atoms with Crippen molar-refractivity contribution in [2.45, 2.75) is 51.1 Å². The highest BCUT2D eigenvalue weighted by Crippen LogP contribution is 2.34. The molecule has 1 aromatic rings. The van der Waals surface area contributed by atoms with Gasteiger partial charge in [0.1, 0.15) is 0 Å². The van der Waals surface area contributed by atoms with Crippen molar-refractivity contribution in [3.63, 3.8) is 0 Å². The van der Waals surface area contributed by atoms with Gasteiger partial charge in [0.2, 0.25) is 0 Å². The highest BCUT2D eigenvalue weighted by Gasteiger charge is 2.27. The highest BCUT2D eigenvalue weighted by atomic mass is 35.5. The minimum Gasteiger partial charge on any atom is -0.365 e. The number of benzene rings is 1. The van der Waals surface area contributed by atoms with Crippen LogP contribution in [0, 0.1) is 5.92 Å². The van der Waals surface area contributed by atoms with Crippen molar-refractivity contribution in [2.24, 2.45) is 5.92 Å². The molecule has 2 amide bonds. The van der Waals surface area contributed by atoms with Crippen LogP contribution in [0.1, 0.15) is 39.0 Å². The second-order valence-electron chi connectivity index (χ2n) is 8.77. The van der Waals surface area contributed by atoms with Crippen LogP contribution < -0.4 is 10.2 Å². The second-order valence-corrected chi connectivity index (χ2v) is 9.55. The molecule has 162 valence electrons. The lowest BCUT2D eigenvalue weighted by Crippen LogP contribution is -2.52. The van der Waals surface area contributed by atoms with E-state index in [1.807, 2.05) is 12.1 Å². The van der Waals surface area contributed by atoms with Crippen molar-refractivity contribution in [2.75, 3.05) is 45.2 Å². The summed E-state index contributed by atoms with van der Waals surface area (Å²) in [4.78, 5) is 18.4. The Bertz CT molecular complexity index is 691. The Labute approximate surface area is 185 Å². The number of hydrogen-bond donors (Lipinski definition) is 1. The maximum absolute atomic E-state index is 11.8. The molecule has 1 aliphatic heterocycles. The Balaban J connectivity index is 1.41. The van der Waals surface area contributed by atoms with Gasteiger partial charge in [0.15, 0.2) is 0 Å². The van der Waals surface area contributed by atoms with E-state index in [2.05, 4.69) is 28.1 Å². The molecule has 0 radical (unpaired) electrons. The molecule has 1 unspecified atom stereocenters. The van der Waals surface area contributed by atoms with E-state index < -0.39 is 0 Å². The first-order chi connectivity index (χ1) is 13.8. The number of nitrogens with zero attached hydrogens (tertiary/aromatic N) is 3. The maximum Gasteiger partial charge on any atom is 0.317 e. The minimum atomic E-state index is 0.0279. The van der Waals surface area contributed by atoms with Crippen molar-refractivity contribution in [1.29, 1.82) is 0 Å². The number of rotatable bonds is 5. The van der Waals surface area contributed by atoms with Crippen molar-refractivity contribution < 1.29 is 4.79 Å². The van der Waals surface area contributed by atoms with Gasteiger partial charge in [-0.1, -0.05) is 29.3 Å². The fourth-order valence-corrected chi connectivity index (χ4v) is 4.98. The van der Waals surface area contributed by atoms with Gasteiger partial charge in [-0.15, -0.1) is 0 Å². The molecule has 1 saturated heterocycles. The molecule has 1 N–H and O–H groups in total. The number of carbonyl (C=O) groups is 1. The quantitative estimate of drug-likeness (QED) is 0.719. The summed E-state index contributed by atoms with van der Waals surface area (Å²) in [6.45, 7) is 6.51. The number of nitrogens with one attached hydrogen (secondary N) is 1. The fourth-order valence-electron chi connectivity index (χ4n) is 4.57. The normalized spacial score (nSPS) is 25.7. The van der Waals surface area contributed by atoms with Crippen LogP contribution in [-0.4, -0.2) is 68.2 Å². The lowest BCUT2D eigenvalue weighted by Gasteiger charge is -2.42. The summed E-state index contributed by atoms with van der Waals surface area (Å²) in [5.41, 5.74) is 1.05. The molecule has 0 spiro atoms. The second kappa shape index (κ2) is 10.2. The Morgan fingerprint density at radius 1 is 1.17 bits per heavy atom. The summed E-state index contributed by atoms with van der Waals surface area (Å²) in [5.74, 6) is 0.776. The number of piperazine rings is 1. The van der Waals surface area contributed by atoms with Crippen molar-refractivity contribution in [3.8, 4) is 0 Å². The number of amides is 2. The molecule has 1 atom stereocenters. The van der Waals surface area contributed by atoms with Gasteiger partial charge in [-0.05, 0) is 63.6 Å². The predicted octanol–water partition coefficient (Wildman–Crippen LogP) is 4.72. The minimum absolute atomic E-state index is 0.0279. The summed E-state index contributed by atoms with van der Waals surface area (Å²) < 4.78 is 0. The van der Waals surface area contributed by atoms with Gasteiger partial charge in [0.25, 0.3) is 0 Å². The molecule has 1 heterocycles. The van der Waals surface area contributed by atoms with E-state index in [1.165, 1.54) is 19.3 Å². The molecule has 7 heteroatoms. The molecule has 0 bridgehead atoms. The van der Waals surface area contributed by atoms with Crippen LogP contribution in [0.15, 0.2) is 18.2 Å². The summed E-state index contributed by atoms with van der Waals surface area (Å²) in [5, 5.41) is 4.41. The van der Waals surface area contributed by atoms with Crippen LogP contribution in [-0.2, 0) is 0 Å². The summed E-state index contributed by atoms with van der Waals surface area (Å²) >= 11 is 12.6. The average Bonchev–Trinajstić information content (AvgIpc) is 2.70. The van der Waals surface area contributed by atoms with E-state index in [4.69, 9.17) is 23.2 Å². The van der Waals surface area contributed by atoms with Gasteiger partial charge in [-0.2, -0.15) is 0 Å². The molecular weight excluding hydrogens is 407 g/mol. The molecule has 1 aliphatic carbocycles. The van der Waals surface area contributed by atoms with Gasteiger partial charge < -0.3 is 15.1 Å². The molecule has 3 rings (SSSR count). The molecule has 2 fully saturated rings. The molecule has 1 saturated carbocycles. The number of urea groups is 1. The maximum atomic E-state index is 11.8. The van der Waals surface area contributed by atoms with Gasteiger partial charge in [0.05, 0.1) is 15.7 Å². The molecule has 5 nitrogen and oxygen atoms in total. The summed E-state index contributed by atoms with van der Waals surface area (Å²) in [6.07, 6.45) is 5.88. The first-order valence-corrected chi connectivity index (χ1v) is 11.5. The topological polar surface area (TPSA) is 38.8 Å². The van der Waals surface area contributed by atoms with E-state index in [0.29, 0.717) is 22.1 Å². The lowest BCUT2D eigenvalue weighted by atomic mass is 9.84. The standard InChI is InChI=1S/C22H34Cl2N4O/c1-16-15-27(13-14-28(16)20-6-4-5-19(23)21(20)24)12-11-17-7-9-18(10-8-17)25-22(29)26(2)3/h4-6,16-18H,7-15H2,1-3H3,(H,25,29). The monoisotopic (exact) mass is 440 g/mol. The van der Waals surface area contributed by atoms with E-state index in [0.717, 1.165) is 50.6 Å². The number of anilines is 1. The molecule has 1 aromatic carbocycles. The molecule has 2 aliphatic rings.